The lowest BCUT2D eigenvalue weighted by atomic mass is 9.58. The normalized spacial score (nSPS) is 38.2. The van der Waals surface area contributed by atoms with Crippen LogP contribution >= 0.6 is 12.4 Å². The molecule has 0 amide bonds. The number of rotatable bonds is 2. The molecule has 3 saturated carbocycles. The van der Waals surface area contributed by atoms with E-state index in [1.807, 2.05) is 18.2 Å². The summed E-state index contributed by atoms with van der Waals surface area (Å²) >= 11 is 0. The largest absolute Gasteiger partial charge is 0.388 e. The molecule has 3 fully saturated rings. The maximum Gasteiger partial charge on any atom is 0.0868 e. The number of aliphatic hydroxyl groups is 1. The third kappa shape index (κ3) is 2.18. The van der Waals surface area contributed by atoms with Crippen LogP contribution in [0, 0.1) is 11.8 Å². The first-order chi connectivity index (χ1) is 8.20. The summed E-state index contributed by atoms with van der Waals surface area (Å²) in [5.74, 6) is 0.941. The van der Waals surface area contributed by atoms with Gasteiger partial charge >= 0.3 is 0 Å². The molecular weight excluding hydrogens is 246 g/mol. The highest BCUT2D eigenvalue weighted by molar-refractivity contribution is 5.85. The van der Waals surface area contributed by atoms with Gasteiger partial charge in [0.2, 0.25) is 0 Å². The number of fused-ring (bicyclic) bond motifs is 3. The Morgan fingerprint density at radius 2 is 1.72 bits per heavy atom. The molecule has 2 nitrogen and oxygen atoms in total. The van der Waals surface area contributed by atoms with E-state index in [-0.39, 0.29) is 18.4 Å². The van der Waals surface area contributed by atoms with Gasteiger partial charge < -0.3 is 10.8 Å². The molecule has 0 aliphatic heterocycles. The molecule has 3 aliphatic carbocycles. The van der Waals surface area contributed by atoms with Crippen LogP contribution in [0.3, 0.4) is 0 Å². The minimum absolute atomic E-state index is 0. The molecule has 3 heteroatoms. The van der Waals surface area contributed by atoms with E-state index >= 15 is 0 Å². The fourth-order valence-corrected chi connectivity index (χ4v) is 3.84. The minimum atomic E-state index is -0.664. The molecule has 1 aromatic rings. The summed E-state index contributed by atoms with van der Waals surface area (Å²) in [5, 5.41) is 11.0. The van der Waals surface area contributed by atoms with E-state index in [1.165, 1.54) is 18.4 Å². The molecule has 0 spiro atoms. The van der Waals surface area contributed by atoms with Crippen LogP contribution in [0.2, 0.25) is 0 Å². The van der Waals surface area contributed by atoms with Crippen LogP contribution in [0.25, 0.3) is 0 Å². The lowest BCUT2D eigenvalue weighted by molar-refractivity contribution is -0.114. The van der Waals surface area contributed by atoms with Crippen LogP contribution in [0.5, 0.6) is 0 Å². The molecule has 100 valence electrons. The molecule has 1 aromatic carbocycles. The third-order valence-electron chi connectivity index (χ3n) is 4.89. The standard InChI is InChI=1S/C15H21NO.ClH/c16-14-12-6-8-13(9-7-12)15(14,17)10-11-4-2-1-3-5-11;/h1-5,12-14,17H,6-10,16H2;1H/t12?,13?,14-,15+;/m1./s1. The maximum absolute atomic E-state index is 11.0. The van der Waals surface area contributed by atoms with Gasteiger partial charge in [-0.05, 0) is 43.1 Å². The number of nitrogens with two attached hydrogens (primary N) is 1. The fourth-order valence-electron chi connectivity index (χ4n) is 3.84. The molecule has 4 rings (SSSR count). The lowest BCUT2D eigenvalue weighted by Crippen LogP contribution is -2.63. The zero-order valence-electron chi connectivity index (χ0n) is 10.6. The van der Waals surface area contributed by atoms with E-state index in [2.05, 4.69) is 12.1 Å². The van der Waals surface area contributed by atoms with Crippen molar-refractivity contribution < 1.29 is 5.11 Å². The summed E-state index contributed by atoms with van der Waals surface area (Å²) in [5.41, 5.74) is 6.84. The quantitative estimate of drug-likeness (QED) is 0.865. The number of benzene rings is 1. The topological polar surface area (TPSA) is 46.2 Å². The average Bonchev–Trinajstić information content (AvgIpc) is 2.37. The van der Waals surface area contributed by atoms with Gasteiger partial charge in [0.25, 0.3) is 0 Å². The van der Waals surface area contributed by atoms with Gasteiger partial charge in [0, 0.05) is 12.5 Å². The van der Waals surface area contributed by atoms with Crippen molar-refractivity contribution in [2.75, 3.05) is 0 Å². The van der Waals surface area contributed by atoms with Gasteiger partial charge in [0.15, 0.2) is 0 Å². The highest BCUT2D eigenvalue weighted by Crippen LogP contribution is 2.47. The van der Waals surface area contributed by atoms with Crippen molar-refractivity contribution in [2.24, 2.45) is 17.6 Å². The number of halogens is 1. The number of hydrogen-bond donors (Lipinski definition) is 2. The van der Waals surface area contributed by atoms with Crippen LogP contribution in [0.4, 0.5) is 0 Å². The summed E-state index contributed by atoms with van der Waals surface area (Å²) < 4.78 is 0. The van der Waals surface area contributed by atoms with Gasteiger partial charge in [-0.2, -0.15) is 0 Å². The van der Waals surface area contributed by atoms with Crippen LogP contribution in [0.15, 0.2) is 30.3 Å². The van der Waals surface area contributed by atoms with E-state index in [1.54, 1.807) is 0 Å². The minimum Gasteiger partial charge on any atom is -0.388 e. The van der Waals surface area contributed by atoms with Crippen LogP contribution in [-0.4, -0.2) is 16.7 Å². The van der Waals surface area contributed by atoms with Gasteiger partial charge in [-0.15, -0.1) is 12.4 Å². The molecule has 0 radical (unpaired) electrons. The Bertz CT molecular complexity index is 385. The molecular formula is C15H22ClNO. The highest BCUT2D eigenvalue weighted by atomic mass is 35.5. The van der Waals surface area contributed by atoms with Gasteiger partial charge in [0.1, 0.15) is 0 Å². The van der Waals surface area contributed by atoms with Crippen LogP contribution in [0.1, 0.15) is 31.2 Å². The van der Waals surface area contributed by atoms with E-state index in [0.717, 1.165) is 19.3 Å². The van der Waals surface area contributed by atoms with Gasteiger partial charge in [0.05, 0.1) is 5.60 Å². The Morgan fingerprint density at radius 1 is 1.11 bits per heavy atom. The molecule has 3 N–H and O–H groups in total. The summed E-state index contributed by atoms with van der Waals surface area (Å²) in [7, 11) is 0. The Hall–Kier alpha value is -0.570. The van der Waals surface area contributed by atoms with Crippen molar-refractivity contribution in [2.45, 2.75) is 43.7 Å². The first-order valence-corrected chi connectivity index (χ1v) is 6.72. The predicted molar refractivity (Wildman–Crippen MR) is 75.8 cm³/mol. The zero-order valence-corrected chi connectivity index (χ0v) is 11.4. The second-order valence-corrected chi connectivity index (χ2v) is 5.79. The van der Waals surface area contributed by atoms with E-state index in [4.69, 9.17) is 5.73 Å². The van der Waals surface area contributed by atoms with Crippen LogP contribution in [-0.2, 0) is 6.42 Å². The van der Waals surface area contributed by atoms with Crippen molar-refractivity contribution in [1.82, 2.24) is 0 Å². The fraction of sp³-hybridized carbons (Fsp3) is 0.600. The monoisotopic (exact) mass is 267 g/mol. The summed E-state index contributed by atoms with van der Waals surface area (Å²) in [6, 6.07) is 10.2. The van der Waals surface area contributed by atoms with Crippen molar-refractivity contribution in [1.29, 1.82) is 0 Å². The molecule has 0 aromatic heterocycles. The predicted octanol–water partition coefficient (Wildman–Crippen LogP) is 2.53. The highest BCUT2D eigenvalue weighted by Gasteiger charge is 2.51. The first kappa shape index (κ1) is 13.9. The average molecular weight is 268 g/mol. The van der Waals surface area contributed by atoms with Crippen LogP contribution < -0.4 is 5.73 Å². The SMILES string of the molecule is Cl.N[C@@H]1C2CCC(CC2)[C@@]1(O)Cc1ccccc1. The summed E-state index contributed by atoms with van der Waals surface area (Å²) in [4.78, 5) is 0. The molecule has 0 heterocycles. The third-order valence-corrected chi connectivity index (χ3v) is 4.89. The van der Waals surface area contributed by atoms with Crippen molar-refractivity contribution in [3.8, 4) is 0 Å². The zero-order chi connectivity index (χ0) is 11.9. The Labute approximate surface area is 115 Å². The lowest BCUT2D eigenvalue weighted by Gasteiger charge is -2.53. The van der Waals surface area contributed by atoms with Crippen molar-refractivity contribution >= 4 is 12.4 Å². The van der Waals surface area contributed by atoms with Gasteiger partial charge in [-0.1, -0.05) is 30.3 Å². The van der Waals surface area contributed by atoms with Gasteiger partial charge in [-0.3, -0.25) is 0 Å². The molecule has 18 heavy (non-hydrogen) atoms. The Kier molecular flexibility index (Phi) is 4.00. The van der Waals surface area contributed by atoms with Gasteiger partial charge in [-0.25, -0.2) is 0 Å². The molecule has 3 aliphatic rings. The summed E-state index contributed by atoms with van der Waals surface area (Å²) in [6.45, 7) is 0. The second kappa shape index (κ2) is 5.20. The molecule has 0 unspecified atom stereocenters. The van der Waals surface area contributed by atoms with Crippen molar-refractivity contribution in [3.05, 3.63) is 35.9 Å². The molecule has 2 bridgehead atoms. The Morgan fingerprint density at radius 3 is 2.28 bits per heavy atom. The van der Waals surface area contributed by atoms with Crippen molar-refractivity contribution in [3.63, 3.8) is 0 Å². The maximum atomic E-state index is 11.0. The van der Waals surface area contributed by atoms with E-state index < -0.39 is 5.60 Å². The van der Waals surface area contributed by atoms with E-state index in [9.17, 15) is 5.11 Å². The molecule has 2 atom stereocenters. The summed E-state index contributed by atoms with van der Waals surface area (Å²) in [6.07, 6.45) is 5.45. The number of hydrogen-bond acceptors (Lipinski definition) is 2. The van der Waals surface area contributed by atoms with E-state index in [0.29, 0.717) is 11.8 Å². The Balaban J connectivity index is 0.00000120. The second-order valence-electron chi connectivity index (χ2n) is 5.79. The smallest absolute Gasteiger partial charge is 0.0868 e. The molecule has 0 saturated heterocycles. The first-order valence-electron chi connectivity index (χ1n) is 6.72.